The molecule has 4 rings (SSSR count). The van der Waals surface area contributed by atoms with Crippen molar-refractivity contribution >= 4 is 5.78 Å². The van der Waals surface area contributed by atoms with Crippen LogP contribution in [0.4, 0.5) is 0 Å². The van der Waals surface area contributed by atoms with Crippen LogP contribution < -0.4 is 0 Å². The van der Waals surface area contributed by atoms with Crippen LogP contribution in [-0.4, -0.2) is 17.0 Å². The zero-order valence-electron chi connectivity index (χ0n) is 14.3. The maximum atomic E-state index is 13.1. The van der Waals surface area contributed by atoms with Crippen LogP contribution in [0.25, 0.3) is 0 Å². The normalized spacial score (nSPS) is 53.1. The van der Waals surface area contributed by atoms with Gasteiger partial charge < -0.3 is 5.11 Å². The molecule has 4 aliphatic rings. The summed E-state index contributed by atoms with van der Waals surface area (Å²) in [5.41, 5.74) is 0.888. The van der Waals surface area contributed by atoms with E-state index in [2.05, 4.69) is 27.4 Å². The number of allylic oxidation sites excluding steroid dienone is 1. The van der Waals surface area contributed by atoms with Gasteiger partial charge in [0.05, 0.1) is 6.10 Å². The van der Waals surface area contributed by atoms with Gasteiger partial charge in [-0.25, -0.2) is 0 Å². The minimum Gasteiger partial charge on any atom is -0.393 e. The fraction of sp³-hybridized carbons (Fsp3) is 0.850. The number of Topliss-reactive ketones (excluding diaryl/α,β-unsaturated/α-hetero) is 1. The van der Waals surface area contributed by atoms with E-state index in [1.807, 2.05) is 0 Å². The lowest BCUT2D eigenvalue weighted by molar-refractivity contribution is -0.198. The maximum Gasteiger partial charge on any atom is 0.165 e. The summed E-state index contributed by atoms with van der Waals surface area (Å²) < 4.78 is 0. The average molecular weight is 302 g/mol. The average Bonchev–Trinajstić information content (AvgIpc) is 2.58. The third kappa shape index (κ3) is 1.58. The lowest BCUT2D eigenvalue weighted by Crippen LogP contribution is -2.62. The Morgan fingerprint density at radius 3 is 2.59 bits per heavy atom. The fourth-order valence-corrected chi connectivity index (χ4v) is 7.63. The standard InChI is InChI=1S/C20H30O2/c1-12-13-6-7-15-19(4)9-5-8-18(2,3)16(19)14(21)11-20(15,10-13)17(12)22/h13-16,21H,1,5-11H2,2-4H3/t13-,14+,15-,16?,19+,20+/m1/s1. The molecule has 0 aromatic heterocycles. The van der Waals surface area contributed by atoms with Gasteiger partial charge in [-0.15, -0.1) is 0 Å². The topological polar surface area (TPSA) is 37.3 Å². The third-order valence-corrected chi connectivity index (χ3v) is 8.16. The van der Waals surface area contributed by atoms with Gasteiger partial charge in [-0.2, -0.15) is 0 Å². The first-order valence-corrected chi connectivity index (χ1v) is 9.14. The Bertz CT molecular complexity index is 548. The molecule has 0 heterocycles. The summed E-state index contributed by atoms with van der Waals surface area (Å²) in [5, 5.41) is 11.1. The van der Waals surface area contributed by atoms with E-state index >= 15 is 0 Å². The highest BCUT2D eigenvalue weighted by Crippen LogP contribution is 2.70. The molecular formula is C20H30O2. The molecule has 6 atom stereocenters. The fourth-order valence-electron chi connectivity index (χ4n) is 7.63. The highest BCUT2D eigenvalue weighted by atomic mass is 16.3. The highest BCUT2D eigenvalue weighted by Gasteiger charge is 2.68. The summed E-state index contributed by atoms with van der Waals surface area (Å²) in [7, 11) is 0. The molecule has 0 radical (unpaired) electrons. The van der Waals surface area contributed by atoms with E-state index in [-0.39, 0.29) is 22.3 Å². The second-order valence-corrected chi connectivity index (χ2v) is 9.64. The van der Waals surface area contributed by atoms with Crippen LogP contribution in [0.5, 0.6) is 0 Å². The molecule has 4 saturated carbocycles. The Labute approximate surface area is 134 Å². The molecule has 4 fully saturated rings. The zero-order valence-corrected chi connectivity index (χ0v) is 14.3. The number of hydrogen-bond donors (Lipinski definition) is 1. The van der Waals surface area contributed by atoms with E-state index in [1.165, 1.54) is 19.3 Å². The number of ketones is 1. The van der Waals surface area contributed by atoms with Gasteiger partial charge in [-0.05, 0) is 72.7 Å². The van der Waals surface area contributed by atoms with Crippen molar-refractivity contribution in [2.75, 3.05) is 0 Å². The van der Waals surface area contributed by atoms with Gasteiger partial charge in [0.2, 0.25) is 0 Å². The van der Waals surface area contributed by atoms with E-state index < -0.39 is 0 Å². The van der Waals surface area contributed by atoms with Gasteiger partial charge in [0, 0.05) is 5.41 Å². The first kappa shape index (κ1) is 14.9. The summed E-state index contributed by atoms with van der Waals surface area (Å²) in [6, 6.07) is 0. The minimum atomic E-state index is -0.329. The lowest BCUT2D eigenvalue weighted by Gasteiger charge is -2.64. The largest absolute Gasteiger partial charge is 0.393 e. The molecule has 2 heteroatoms. The van der Waals surface area contributed by atoms with Gasteiger partial charge in [0.15, 0.2) is 5.78 Å². The van der Waals surface area contributed by atoms with Gasteiger partial charge in [-0.1, -0.05) is 33.8 Å². The summed E-state index contributed by atoms with van der Waals surface area (Å²) in [6.07, 6.45) is 7.23. The van der Waals surface area contributed by atoms with Crippen molar-refractivity contribution in [2.24, 2.45) is 34.0 Å². The number of hydrogen-bond acceptors (Lipinski definition) is 2. The first-order valence-electron chi connectivity index (χ1n) is 9.14. The molecule has 1 spiro atoms. The van der Waals surface area contributed by atoms with Crippen molar-refractivity contribution in [1.82, 2.24) is 0 Å². The van der Waals surface area contributed by atoms with Crippen molar-refractivity contribution in [1.29, 1.82) is 0 Å². The molecule has 22 heavy (non-hydrogen) atoms. The smallest absolute Gasteiger partial charge is 0.165 e. The second kappa shape index (κ2) is 4.26. The van der Waals surface area contributed by atoms with Crippen LogP contribution in [0, 0.1) is 34.0 Å². The Hall–Kier alpha value is -0.630. The van der Waals surface area contributed by atoms with Crippen molar-refractivity contribution in [3.8, 4) is 0 Å². The number of carbonyl (C=O) groups is 1. The van der Waals surface area contributed by atoms with Crippen molar-refractivity contribution in [2.45, 2.75) is 71.8 Å². The first-order chi connectivity index (χ1) is 10.2. The Balaban J connectivity index is 1.84. The van der Waals surface area contributed by atoms with Gasteiger partial charge in [0.25, 0.3) is 0 Å². The summed E-state index contributed by atoms with van der Waals surface area (Å²) in [4.78, 5) is 13.1. The highest BCUT2D eigenvalue weighted by molar-refractivity contribution is 6.03. The molecule has 4 aliphatic carbocycles. The Morgan fingerprint density at radius 1 is 1.14 bits per heavy atom. The second-order valence-electron chi connectivity index (χ2n) is 9.64. The molecule has 0 saturated heterocycles. The molecule has 0 aromatic carbocycles. The van der Waals surface area contributed by atoms with Crippen molar-refractivity contribution < 1.29 is 9.90 Å². The van der Waals surface area contributed by atoms with Crippen LogP contribution in [0.2, 0.25) is 0 Å². The minimum absolute atomic E-state index is 0.116. The number of aliphatic hydroxyl groups is 1. The van der Waals surface area contributed by atoms with E-state index in [0.29, 0.717) is 30.0 Å². The molecule has 122 valence electrons. The maximum absolute atomic E-state index is 13.1. The van der Waals surface area contributed by atoms with Gasteiger partial charge in [-0.3, -0.25) is 4.79 Å². The number of rotatable bonds is 0. The van der Waals surface area contributed by atoms with Crippen molar-refractivity contribution in [3.05, 3.63) is 12.2 Å². The monoisotopic (exact) mass is 302 g/mol. The Kier molecular flexibility index (Phi) is 2.89. The number of fused-ring (bicyclic) bond motifs is 3. The van der Waals surface area contributed by atoms with Crippen LogP contribution >= 0.6 is 0 Å². The van der Waals surface area contributed by atoms with Crippen molar-refractivity contribution in [3.63, 3.8) is 0 Å². The van der Waals surface area contributed by atoms with Crippen LogP contribution in [0.1, 0.15) is 65.7 Å². The summed E-state index contributed by atoms with van der Waals surface area (Å²) in [5.74, 6) is 1.49. The molecule has 1 N–H and O–H groups in total. The SMILES string of the molecule is C=C1C(=O)[C@]23C[C@H]1CC[C@@H]2[C@]1(C)CCCC(C)(C)C1[C@@H](O)C3. The lowest BCUT2D eigenvalue weighted by atomic mass is 9.40. The number of carbonyl (C=O) groups excluding carboxylic acids is 1. The molecule has 0 aromatic rings. The van der Waals surface area contributed by atoms with E-state index in [0.717, 1.165) is 24.8 Å². The molecule has 2 bridgehead atoms. The molecular weight excluding hydrogens is 272 g/mol. The van der Waals surface area contributed by atoms with E-state index in [9.17, 15) is 9.90 Å². The van der Waals surface area contributed by atoms with E-state index in [4.69, 9.17) is 0 Å². The Morgan fingerprint density at radius 2 is 1.86 bits per heavy atom. The predicted octanol–water partition coefficient (Wildman–Crippen LogP) is 4.13. The zero-order chi connectivity index (χ0) is 15.9. The quantitative estimate of drug-likeness (QED) is 0.683. The van der Waals surface area contributed by atoms with Gasteiger partial charge >= 0.3 is 0 Å². The molecule has 0 aliphatic heterocycles. The predicted molar refractivity (Wildman–Crippen MR) is 87.3 cm³/mol. The number of aliphatic hydroxyl groups excluding tert-OH is 1. The van der Waals surface area contributed by atoms with Crippen LogP contribution in [-0.2, 0) is 4.79 Å². The molecule has 0 amide bonds. The third-order valence-electron chi connectivity index (χ3n) is 8.16. The van der Waals surface area contributed by atoms with Crippen LogP contribution in [0.3, 0.4) is 0 Å². The molecule has 1 unspecified atom stereocenters. The summed E-state index contributed by atoms with van der Waals surface area (Å²) in [6.45, 7) is 11.2. The van der Waals surface area contributed by atoms with Crippen LogP contribution in [0.15, 0.2) is 12.2 Å². The van der Waals surface area contributed by atoms with Gasteiger partial charge in [0.1, 0.15) is 0 Å². The summed E-state index contributed by atoms with van der Waals surface area (Å²) >= 11 is 0. The molecule has 2 nitrogen and oxygen atoms in total. The van der Waals surface area contributed by atoms with E-state index in [1.54, 1.807) is 0 Å².